The number of nitrogens with zero attached hydrogens (tertiary/aromatic N) is 3. The summed E-state index contributed by atoms with van der Waals surface area (Å²) in [5, 5.41) is 40.3. The van der Waals surface area contributed by atoms with Crippen molar-refractivity contribution in [3.63, 3.8) is 0 Å². The Labute approximate surface area is 203 Å². The molecule has 0 bridgehead atoms. The molecule has 0 spiro atoms. The van der Waals surface area contributed by atoms with Crippen LogP contribution in [0.2, 0.25) is 0 Å². The molecular weight excluding hydrogens is 460 g/mol. The van der Waals surface area contributed by atoms with Crippen molar-refractivity contribution in [2.75, 3.05) is 23.1 Å². The number of rotatable bonds is 13. The third-order valence-corrected chi connectivity index (χ3v) is 6.74. The Hall–Kier alpha value is -2.54. The summed E-state index contributed by atoms with van der Waals surface area (Å²) in [6.07, 6.45) is 5.84. The Kier molecular flexibility index (Phi) is 9.22. The third kappa shape index (κ3) is 5.35. The second kappa shape index (κ2) is 11.9. The summed E-state index contributed by atoms with van der Waals surface area (Å²) < 4.78 is 5.44. The molecule has 35 heavy (non-hydrogen) atoms. The monoisotopic (exact) mass is 496 g/mol. The van der Waals surface area contributed by atoms with E-state index in [4.69, 9.17) is 4.74 Å². The molecule has 12 nitrogen and oxygen atoms in total. The number of carbonyl (C=O) groups is 2. The number of nitrogens with one attached hydrogen (secondary N) is 1. The normalized spacial score (nSPS) is 25.8. The van der Waals surface area contributed by atoms with E-state index in [0.717, 1.165) is 35.4 Å². The summed E-state index contributed by atoms with van der Waals surface area (Å²) in [4.78, 5) is 46.5. The van der Waals surface area contributed by atoms with Crippen LogP contribution < -0.4 is 15.4 Å². The first kappa shape index (κ1) is 27.1. The molecule has 1 amide bonds. The number of anilines is 2. The van der Waals surface area contributed by atoms with Gasteiger partial charge in [-0.3, -0.25) is 19.4 Å². The van der Waals surface area contributed by atoms with E-state index in [1.54, 1.807) is 0 Å². The zero-order chi connectivity index (χ0) is 25.6. The zero-order valence-electron chi connectivity index (χ0n) is 20.1. The van der Waals surface area contributed by atoms with E-state index in [1.807, 2.05) is 0 Å². The summed E-state index contributed by atoms with van der Waals surface area (Å²) in [7, 11) is 0. The van der Waals surface area contributed by atoms with Crippen LogP contribution in [0.1, 0.15) is 71.1 Å². The first-order valence-electron chi connectivity index (χ1n) is 12.3. The van der Waals surface area contributed by atoms with Crippen molar-refractivity contribution in [2.24, 2.45) is 0 Å². The maximum absolute atomic E-state index is 13.0. The number of hydrogen-bond donors (Lipinski definition) is 5. The molecule has 1 saturated heterocycles. The largest absolute Gasteiger partial charge is 0.478 e. The standard InChI is InChI=1S/C23H36N4O8/c1-2-3-4-5-6-7-8-9-10-11-16(29)26-14-27(20-17(26)21(32)25-13-24-20)23(22(33)34)19(31)18(30)15(12-28)35-23/h13,15,18-19,28,30-31H,2-12,14H2,1H3,(H,33,34)(H,24,25,32)/t15-,18-,19-,23+/m1/s1. The topological polar surface area (TPSA) is 177 Å². The van der Waals surface area contributed by atoms with Gasteiger partial charge < -0.3 is 30.1 Å². The van der Waals surface area contributed by atoms with Gasteiger partial charge in [-0.25, -0.2) is 9.78 Å². The molecule has 5 N–H and O–H groups in total. The number of hydrogen-bond acceptors (Lipinski definition) is 9. The van der Waals surface area contributed by atoms with Crippen LogP contribution in [0.25, 0.3) is 0 Å². The number of carbonyl (C=O) groups excluding carboxylic acids is 1. The van der Waals surface area contributed by atoms with Gasteiger partial charge in [0.2, 0.25) is 5.91 Å². The molecule has 4 atom stereocenters. The molecule has 0 unspecified atom stereocenters. The second-order valence-electron chi connectivity index (χ2n) is 9.15. The van der Waals surface area contributed by atoms with Crippen molar-refractivity contribution in [1.29, 1.82) is 0 Å². The highest BCUT2D eigenvalue weighted by Crippen LogP contribution is 2.43. The van der Waals surface area contributed by atoms with Gasteiger partial charge in [0.25, 0.3) is 11.3 Å². The number of aliphatic hydroxyl groups is 3. The van der Waals surface area contributed by atoms with Crippen molar-refractivity contribution in [1.82, 2.24) is 9.97 Å². The lowest BCUT2D eigenvalue weighted by Crippen LogP contribution is -2.63. The van der Waals surface area contributed by atoms with Gasteiger partial charge in [-0.05, 0) is 6.42 Å². The highest BCUT2D eigenvalue weighted by Gasteiger charge is 2.65. The maximum Gasteiger partial charge on any atom is 0.360 e. The van der Waals surface area contributed by atoms with Crippen LogP contribution >= 0.6 is 0 Å². The van der Waals surface area contributed by atoms with E-state index >= 15 is 0 Å². The number of ether oxygens (including phenoxy) is 1. The first-order chi connectivity index (χ1) is 16.8. The molecule has 0 aliphatic carbocycles. The number of carboxylic acids is 1. The molecule has 0 aromatic carbocycles. The molecular formula is C23H36N4O8. The number of aliphatic hydroxyl groups excluding tert-OH is 3. The smallest absolute Gasteiger partial charge is 0.360 e. The summed E-state index contributed by atoms with van der Waals surface area (Å²) >= 11 is 0. The van der Waals surface area contributed by atoms with E-state index in [1.165, 1.54) is 32.1 Å². The SMILES string of the molecule is CCCCCCCCCCCC(=O)N1CN([C@]2(C(=O)O)O[C@H](CO)[C@@H](O)[C@H]2O)c2nc[nH]c(=O)c21. The Bertz CT molecular complexity index is 940. The highest BCUT2D eigenvalue weighted by molar-refractivity contribution is 6.00. The molecule has 196 valence electrons. The molecule has 1 aromatic rings. The lowest BCUT2D eigenvalue weighted by atomic mass is 10.0. The van der Waals surface area contributed by atoms with Crippen molar-refractivity contribution in [2.45, 2.75) is 95.2 Å². The van der Waals surface area contributed by atoms with Crippen molar-refractivity contribution < 1.29 is 34.8 Å². The van der Waals surface area contributed by atoms with Crippen LogP contribution in [0.3, 0.4) is 0 Å². The number of aromatic amines is 1. The van der Waals surface area contributed by atoms with Crippen LogP contribution in [0.15, 0.2) is 11.1 Å². The van der Waals surface area contributed by atoms with Gasteiger partial charge in [0.05, 0.1) is 12.9 Å². The van der Waals surface area contributed by atoms with Gasteiger partial charge in [0, 0.05) is 6.42 Å². The lowest BCUT2D eigenvalue weighted by molar-refractivity contribution is -0.174. The Balaban J connectivity index is 1.70. The Morgan fingerprint density at radius 3 is 2.34 bits per heavy atom. The molecule has 1 aromatic heterocycles. The van der Waals surface area contributed by atoms with E-state index in [0.29, 0.717) is 6.42 Å². The number of aromatic nitrogens is 2. The minimum absolute atomic E-state index is 0.146. The van der Waals surface area contributed by atoms with E-state index in [-0.39, 0.29) is 23.8 Å². The number of fused-ring (bicyclic) bond motifs is 1. The van der Waals surface area contributed by atoms with Gasteiger partial charge in [-0.1, -0.05) is 58.3 Å². The number of unbranched alkanes of at least 4 members (excludes halogenated alkanes) is 8. The third-order valence-electron chi connectivity index (χ3n) is 6.74. The lowest BCUT2D eigenvalue weighted by Gasteiger charge is -2.37. The fraction of sp³-hybridized carbons (Fsp3) is 0.739. The minimum atomic E-state index is -2.55. The van der Waals surface area contributed by atoms with Crippen LogP contribution in [0.5, 0.6) is 0 Å². The number of aliphatic carboxylic acids is 1. The fourth-order valence-corrected chi connectivity index (χ4v) is 4.76. The summed E-state index contributed by atoms with van der Waals surface area (Å²) in [5.41, 5.74) is -3.34. The first-order valence-corrected chi connectivity index (χ1v) is 12.3. The average Bonchev–Trinajstić information content (AvgIpc) is 3.35. The van der Waals surface area contributed by atoms with Gasteiger partial charge in [0.15, 0.2) is 11.5 Å². The predicted octanol–water partition coefficient (Wildman–Crippen LogP) is 0.695. The molecule has 3 rings (SSSR count). The maximum atomic E-state index is 13.0. The quantitative estimate of drug-likeness (QED) is 0.244. The summed E-state index contributed by atoms with van der Waals surface area (Å²) in [5.74, 6) is -2.20. The average molecular weight is 497 g/mol. The molecule has 3 heterocycles. The summed E-state index contributed by atoms with van der Waals surface area (Å²) in [6, 6.07) is 0. The molecule has 0 saturated carbocycles. The zero-order valence-corrected chi connectivity index (χ0v) is 20.1. The van der Waals surface area contributed by atoms with Gasteiger partial charge in [-0.2, -0.15) is 0 Å². The molecule has 2 aliphatic rings. The van der Waals surface area contributed by atoms with E-state index < -0.39 is 48.8 Å². The predicted molar refractivity (Wildman–Crippen MR) is 126 cm³/mol. The van der Waals surface area contributed by atoms with Gasteiger partial charge in [-0.15, -0.1) is 0 Å². The number of H-pyrrole nitrogens is 1. The van der Waals surface area contributed by atoms with E-state index in [9.17, 15) is 34.8 Å². The van der Waals surface area contributed by atoms with Crippen molar-refractivity contribution in [3.05, 3.63) is 16.7 Å². The number of carboxylic acid groups (broad SMARTS) is 1. The summed E-state index contributed by atoms with van der Waals surface area (Å²) in [6.45, 7) is 1.02. The van der Waals surface area contributed by atoms with Crippen molar-refractivity contribution in [3.8, 4) is 0 Å². The molecule has 12 heteroatoms. The Morgan fingerprint density at radius 2 is 1.77 bits per heavy atom. The Morgan fingerprint density at radius 1 is 1.14 bits per heavy atom. The van der Waals surface area contributed by atoms with Crippen LogP contribution in [0.4, 0.5) is 11.5 Å². The van der Waals surface area contributed by atoms with Crippen molar-refractivity contribution >= 4 is 23.4 Å². The minimum Gasteiger partial charge on any atom is -0.478 e. The second-order valence-corrected chi connectivity index (χ2v) is 9.15. The molecule has 1 fully saturated rings. The van der Waals surface area contributed by atoms with Crippen LogP contribution in [-0.4, -0.2) is 79.6 Å². The molecule has 2 aliphatic heterocycles. The van der Waals surface area contributed by atoms with Gasteiger partial charge >= 0.3 is 5.97 Å². The van der Waals surface area contributed by atoms with E-state index in [2.05, 4.69) is 16.9 Å². The molecule has 0 radical (unpaired) electrons. The van der Waals surface area contributed by atoms with Gasteiger partial charge in [0.1, 0.15) is 25.0 Å². The fourth-order valence-electron chi connectivity index (χ4n) is 4.76. The van der Waals surface area contributed by atoms with Crippen LogP contribution in [-0.2, 0) is 14.3 Å². The number of amides is 1. The van der Waals surface area contributed by atoms with Crippen LogP contribution in [0, 0.1) is 0 Å². The highest BCUT2D eigenvalue weighted by atomic mass is 16.6.